The summed E-state index contributed by atoms with van der Waals surface area (Å²) in [5, 5.41) is 3.58. The normalized spacial score (nSPS) is 16.6. The number of ether oxygens (including phenoxy) is 1. The molecular weight excluding hydrogens is 324 g/mol. The molecule has 0 amide bonds. The summed E-state index contributed by atoms with van der Waals surface area (Å²) in [7, 11) is 0. The maximum atomic E-state index is 14.0. The molecule has 5 heteroatoms. The van der Waals surface area contributed by atoms with Crippen LogP contribution in [0.3, 0.4) is 0 Å². The van der Waals surface area contributed by atoms with Crippen molar-refractivity contribution in [2.75, 3.05) is 13.2 Å². The Morgan fingerprint density at radius 3 is 2.72 bits per heavy atom. The van der Waals surface area contributed by atoms with Gasteiger partial charge >= 0.3 is 5.97 Å². The lowest BCUT2D eigenvalue weighted by Crippen LogP contribution is -2.35. The zero-order valence-corrected chi connectivity index (χ0v) is 15.0. The first-order valence-electron chi connectivity index (χ1n) is 9.41. The highest BCUT2D eigenvalue weighted by Crippen LogP contribution is 2.21. The van der Waals surface area contributed by atoms with Gasteiger partial charge in [-0.15, -0.1) is 0 Å². The Kier molecular flexibility index (Phi) is 8.32. The highest BCUT2D eigenvalue weighted by atomic mass is 19.1. The molecule has 3 nitrogen and oxygen atoms in total. The molecule has 1 N–H and O–H groups in total. The van der Waals surface area contributed by atoms with E-state index in [1.165, 1.54) is 44.2 Å². The van der Waals surface area contributed by atoms with Gasteiger partial charge in [-0.2, -0.15) is 0 Å². The van der Waals surface area contributed by atoms with Gasteiger partial charge in [0.15, 0.2) is 0 Å². The Morgan fingerprint density at radius 1 is 1.28 bits per heavy atom. The topological polar surface area (TPSA) is 38.3 Å². The van der Waals surface area contributed by atoms with E-state index in [-0.39, 0.29) is 11.9 Å². The predicted molar refractivity (Wildman–Crippen MR) is 94.3 cm³/mol. The average molecular weight is 353 g/mol. The van der Waals surface area contributed by atoms with E-state index >= 15 is 0 Å². The predicted octanol–water partition coefficient (Wildman–Crippen LogP) is 4.39. The second-order valence-corrected chi connectivity index (χ2v) is 6.89. The van der Waals surface area contributed by atoms with E-state index in [1.807, 2.05) is 0 Å². The molecule has 1 aliphatic rings. The smallest absolute Gasteiger partial charge is 0.305 e. The molecule has 1 unspecified atom stereocenters. The summed E-state index contributed by atoms with van der Waals surface area (Å²) in [6.07, 6.45) is 7.60. The van der Waals surface area contributed by atoms with Crippen LogP contribution in [0.5, 0.6) is 0 Å². The van der Waals surface area contributed by atoms with Gasteiger partial charge in [-0.25, -0.2) is 8.78 Å². The molecular formula is C20H29F2NO2. The fourth-order valence-corrected chi connectivity index (χ4v) is 3.47. The summed E-state index contributed by atoms with van der Waals surface area (Å²) in [5.74, 6) is -1.18. The maximum Gasteiger partial charge on any atom is 0.305 e. The molecule has 0 bridgehead atoms. The highest BCUT2D eigenvalue weighted by Gasteiger charge is 2.18. The van der Waals surface area contributed by atoms with Crippen LogP contribution >= 0.6 is 0 Å². The van der Waals surface area contributed by atoms with Crippen LogP contribution in [0.4, 0.5) is 8.78 Å². The third-order valence-corrected chi connectivity index (χ3v) is 4.89. The summed E-state index contributed by atoms with van der Waals surface area (Å²) in [6.45, 7) is 2.89. The van der Waals surface area contributed by atoms with E-state index in [1.54, 1.807) is 6.92 Å². The van der Waals surface area contributed by atoms with Gasteiger partial charge in [-0.3, -0.25) is 4.79 Å². The third kappa shape index (κ3) is 7.10. The van der Waals surface area contributed by atoms with Crippen LogP contribution in [-0.4, -0.2) is 25.2 Å². The first-order chi connectivity index (χ1) is 12.1. The molecule has 1 fully saturated rings. The highest BCUT2D eigenvalue weighted by molar-refractivity contribution is 5.69. The third-order valence-electron chi connectivity index (χ3n) is 4.89. The number of halogens is 2. The van der Waals surface area contributed by atoms with E-state index in [2.05, 4.69) is 5.32 Å². The van der Waals surface area contributed by atoms with Crippen LogP contribution in [0, 0.1) is 17.6 Å². The fraction of sp³-hybridized carbons (Fsp3) is 0.650. The molecule has 1 saturated carbocycles. The zero-order valence-electron chi connectivity index (χ0n) is 15.0. The Labute approximate surface area is 149 Å². The van der Waals surface area contributed by atoms with Gasteiger partial charge in [0, 0.05) is 18.5 Å². The molecule has 0 saturated heterocycles. The van der Waals surface area contributed by atoms with Crippen molar-refractivity contribution in [3.63, 3.8) is 0 Å². The molecule has 1 atom stereocenters. The van der Waals surface area contributed by atoms with Crippen molar-refractivity contribution in [1.29, 1.82) is 0 Å². The minimum atomic E-state index is -0.565. The van der Waals surface area contributed by atoms with E-state index < -0.39 is 11.6 Å². The zero-order chi connectivity index (χ0) is 18.1. The fourth-order valence-electron chi connectivity index (χ4n) is 3.47. The van der Waals surface area contributed by atoms with Crippen LogP contribution in [0.1, 0.15) is 57.4 Å². The molecule has 25 heavy (non-hydrogen) atoms. The molecule has 0 aromatic heterocycles. The Morgan fingerprint density at radius 2 is 2.04 bits per heavy atom. The molecule has 0 radical (unpaired) electrons. The summed E-state index contributed by atoms with van der Waals surface area (Å²) in [6, 6.07) is 4.22. The largest absolute Gasteiger partial charge is 0.466 e. The van der Waals surface area contributed by atoms with Gasteiger partial charge in [0.1, 0.15) is 11.6 Å². The van der Waals surface area contributed by atoms with Crippen molar-refractivity contribution >= 4 is 5.97 Å². The first-order valence-corrected chi connectivity index (χ1v) is 9.41. The van der Waals surface area contributed by atoms with Gasteiger partial charge in [0.2, 0.25) is 0 Å². The Bertz CT molecular complexity index is 544. The van der Waals surface area contributed by atoms with Crippen molar-refractivity contribution in [3.8, 4) is 0 Å². The molecule has 1 aromatic carbocycles. The van der Waals surface area contributed by atoms with Crippen molar-refractivity contribution in [2.45, 2.75) is 64.3 Å². The number of esters is 1. The SMILES string of the molecule is CCOC(=O)CCC(CNC1CCCCC1)Cc1ccc(F)cc1F. The summed E-state index contributed by atoms with van der Waals surface area (Å²) < 4.78 is 32.1. The van der Waals surface area contributed by atoms with Crippen LogP contribution in [0.25, 0.3) is 0 Å². The molecule has 0 heterocycles. The van der Waals surface area contributed by atoms with Crippen LogP contribution < -0.4 is 5.32 Å². The van der Waals surface area contributed by atoms with Gasteiger partial charge < -0.3 is 10.1 Å². The summed E-state index contributed by atoms with van der Waals surface area (Å²) in [5.41, 5.74) is 0.501. The van der Waals surface area contributed by atoms with Crippen molar-refractivity contribution in [2.24, 2.45) is 5.92 Å². The number of carbonyl (C=O) groups is 1. The van der Waals surface area contributed by atoms with Crippen LogP contribution in [-0.2, 0) is 16.0 Å². The number of nitrogens with one attached hydrogen (secondary N) is 1. The molecule has 1 aromatic rings. The van der Waals surface area contributed by atoms with Crippen LogP contribution in [0.15, 0.2) is 18.2 Å². The number of rotatable bonds is 9. The Balaban J connectivity index is 1.93. The lowest BCUT2D eigenvalue weighted by Gasteiger charge is -2.26. The number of carbonyl (C=O) groups excluding carboxylic acids is 1. The van der Waals surface area contributed by atoms with Gasteiger partial charge in [-0.1, -0.05) is 25.3 Å². The number of hydrogen-bond donors (Lipinski definition) is 1. The Hall–Kier alpha value is -1.49. The molecule has 0 spiro atoms. The second kappa shape index (κ2) is 10.5. The van der Waals surface area contributed by atoms with Crippen molar-refractivity contribution in [1.82, 2.24) is 5.32 Å². The molecule has 140 valence electrons. The molecule has 1 aliphatic carbocycles. The minimum Gasteiger partial charge on any atom is -0.466 e. The lowest BCUT2D eigenvalue weighted by molar-refractivity contribution is -0.143. The number of benzene rings is 1. The van der Waals surface area contributed by atoms with E-state index in [4.69, 9.17) is 4.74 Å². The van der Waals surface area contributed by atoms with E-state index in [9.17, 15) is 13.6 Å². The molecule has 2 rings (SSSR count). The quantitative estimate of drug-likeness (QED) is 0.669. The van der Waals surface area contributed by atoms with E-state index in [0.717, 1.165) is 12.6 Å². The van der Waals surface area contributed by atoms with Crippen LogP contribution in [0.2, 0.25) is 0 Å². The minimum absolute atomic E-state index is 0.117. The second-order valence-electron chi connectivity index (χ2n) is 6.89. The molecule has 0 aliphatic heterocycles. The lowest BCUT2D eigenvalue weighted by atomic mass is 9.92. The first kappa shape index (κ1) is 19.8. The maximum absolute atomic E-state index is 14.0. The summed E-state index contributed by atoms with van der Waals surface area (Å²) >= 11 is 0. The van der Waals surface area contributed by atoms with E-state index in [0.29, 0.717) is 37.5 Å². The summed E-state index contributed by atoms with van der Waals surface area (Å²) in [4.78, 5) is 11.7. The van der Waals surface area contributed by atoms with Crippen molar-refractivity contribution in [3.05, 3.63) is 35.4 Å². The van der Waals surface area contributed by atoms with Crippen molar-refractivity contribution < 1.29 is 18.3 Å². The average Bonchev–Trinajstić information content (AvgIpc) is 2.60. The van der Waals surface area contributed by atoms with Gasteiger partial charge in [0.25, 0.3) is 0 Å². The standard InChI is InChI=1S/C20H29F2NO2/c1-2-25-20(24)11-8-15(14-23-18-6-4-3-5-7-18)12-16-9-10-17(21)13-19(16)22/h9-10,13,15,18,23H,2-8,11-12,14H2,1H3. The number of hydrogen-bond acceptors (Lipinski definition) is 3. The van der Waals surface area contributed by atoms with Gasteiger partial charge in [-0.05, 0) is 56.7 Å². The van der Waals surface area contributed by atoms with Gasteiger partial charge in [0.05, 0.1) is 6.61 Å². The monoisotopic (exact) mass is 353 g/mol.